The first-order chi connectivity index (χ1) is 19.2. The Morgan fingerprint density at radius 3 is 2.79 bits per heavy atom. The molecule has 9 nitrogen and oxygen atoms in total. The van der Waals surface area contributed by atoms with Gasteiger partial charge in [-0.2, -0.15) is 4.98 Å². The fourth-order valence-corrected chi connectivity index (χ4v) is 5.38. The lowest BCUT2D eigenvalue weighted by atomic mass is 9.91. The summed E-state index contributed by atoms with van der Waals surface area (Å²) in [5.74, 6) is 0.854. The number of fused-ring (bicyclic) bond motifs is 3. The Hall–Kier alpha value is -4.24. The molecule has 0 spiro atoms. The Morgan fingerprint density at radius 2 is 1.97 bits per heavy atom. The van der Waals surface area contributed by atoms with E-state index in [1.807, 2.05) is 29.2 Å². The molecule has 2 aliphatic heterocycles. The minimum atomic E-state index is -0.306. The largest absolute Gasteiger partial charge is 0.477 e. The van der Waals surface area contributed by atoms with Crippen LogP contribution in [-0.2, 0) is 11.2 Å². The number of ether oxygens (including phenoxy) is 2. The number of hydrogen-bond acceptors (Lipinski definition) is 8. The monoisotopic (exact) mass is 524 g/mol. The second kappa shape index (κ2) is 11.2. The van der Waals surface area contributed by atoms with Gasteiger partial charge in [0, 0.05) is 61.3 Å². The quantitative estimate of drug-likeness (QED) is 0.473. The van der Waals surface area contributed by atoms with Crippen molar-refractivity contribution in [3.05, 3.63) is 89.9 Å². The van der Waals surface area contributed by atoms with Crippen LogP contribution in [0.5, 0.6) is 5.88 Å². The second-order valence-corrected chi connectivity index (χ2v) is 9.71. The molecule has 3 aromatic rings. The molecule has 1 fully saturated rings. The maximum Gasteiger partial charge on any atom is 0.274 e. The molecule has 4 heterocycles. The highest BCUT2D eigenvalue weighted by atomic mass is 16.5. The maximum absolute atomic E-state index is 13.5. The molecule has 200 valence electrons. The number of amides is 1. The predicted octanol–water partition coefficient (Wildman–Crippen LogP) is 4.00. The summed E-state index contributed by atoms with van der Waals surface area (Å²) in [7, 11) is 0. The Balaban J connectivity index is 1.22. The van der Waals surface area contributed by atoms with Gasteiger partial charge >= 0.3 is 0 Å². The van der Waals surface area contributed by atoms with Crippen molar-refractivity contribution >= 4 is 23.2 Å². The van der Waals surface area contributed by atoms with E-state index in [0.717, 1.165) is 23.6 Å². The molecule has 1 aliphatic carbocycles. The third-order valence-electron chi connectivity index (χ3n) is 7.31. The van der Waals surface area contributed by atoms with Crippen molar-refractivity contribution in [1.29, 1.82) is 0 Å². The summed E-state index contributed by atoms with van der Waals surface area (Å²) in [5, 5.41) is 3.05. The molecule has 2 aromatic heterocycles. The maximum atomic E-state index is 13.5. The Morgan fingerprint density at radius 1 is 1.10 bits per heavy atom. The molecule has 1 amide bonds. The zero-order valence-corrected chi connectivity index (χ0v) is 22.0. The van der Waals surface area contributed by atoms with Crippen molar-refractivity contribution < 1.29 is 14.3 Å². The highest BCUT2D eigenvalue weighted by Crippen LogP contribution is 2.44. The Labute approximate surface area is 228 Å². The molecule has 0 radical (unpaired) electrons. The van der Waals surface area contributed by atoms with Gasteiger partial charge in [0.25, 0.3) is 5.91 Å². The van der Waals surface area contributed by atoms with Crippen LogP contribution in [0, 0.1) is 0 Å². The van der Waals surface area contributed by atoms with Crippen molar-refractivity contribution in [2.75, 3.05) is 54.6 Å². The molecular weight excluding hydrogens is 492 g/mol. The molecule has 9 heteroatoms. The van der Waals surface area contributed by atoms with Crippen molar-refractivity contribution in [1.82, 2.24) is 15.0 Å². The van der Waals surface area contributed by atoms with Gasteiger partial charge in [0.2, 0.25) is 11.8 Å². The number of hydrogen-bond donors (Lipinski definition) is 1. The van der Waals surface area contributed by atoms with Gasteiger partial charge in [0.1, 0.15) is 5.69 Å². The first-order valence-corrected chi connectivity index (χ1v) is 13.5. The van der Waals surface area contributed by atoms with Gasteiger partial charge in [-0.25, -0.2) is 4.98 Å². The lowest BCUT2D eigenvalue weighted by Gasteiger charge is -2.27. The number of anilines is 3. The third kappa shape index (κ3) is 5.35. The summed E-state index contributed by atoms with van der Waals surface area (Å²) >= 11 is 0. The first kappa shape index (κ1) is 25.1. The molecule has 3 aliphatic rings. The molecule has 0 bridgehead atoms. The van der Waals surface area contributed by atoms with Gasteiger partial charge in [-0.3, -0.25) is 9.78 Å². The summed E-state index contributed by atoms with van der Waals surface area (Å²) in [6.45, 7) is 5.92. The van der Waals surface area contributed by atoms with Crippen molar-refractivity contribution in [3.63, 3.8) is 0 Å². The van der Waals surface area contributed by atoms with E-state index in [-0.39, 0.29) is 11.6 Å². The zero-order chi connectivity index (χ0) is 26.6. The van der Waals surface area contributed by atoms with Gasteiger partial charge in [-0.1, -0.05) is 36.4 Å². The minimum absolute atomic E-state index is 0.256. The van der Waals surface area contributed by atoms with Gasteiger partial charge in [0.05, 0.1) is 25.9 Å². The van der Waals surface area contributed by atoms with E-state index in [2.05, 4.69) is 68.5 Å². The third-order valence-corrected chi connectivity index (χ3v) is 7.31. The number of rotatable bonds is 8. The van der Waals surface area contributed by atoms with Gasteiger partial charge < -0.3 is 24.6 Å². The van der Waals surface area contributed by atoms with Crippen LogP contribution in [0.25, 0.3) is 0 Å². The number of morpholine rings is 1. The Kier molecular flexibility index (Phi) is 7.23. The van der Waals surface area contributed by atoms with Crippen molar-refractivity contribution in [2.24, 2.45) is 0 Å². The molecule has 1 saturated heterocycles. The molecule has 0 saturated carbocycles. The van der Waals surface area contributed by atoms with E-state index in [0.29, 0.717) is 63.1 Å². The molecule has 2 unspecified atom stereocenters. The highest BCUT2D eigenvalue weighted by Gasteiger charge is 2.35. The molecular formula is C30H32N6O3. The summed E-state index contributed by atoms with van der Waals surface area (Å²) in [6, 6.07) is 13.9. The van der Waals surface area contributed by atoms with E-state index in [4.69, 9.17) is 9.47 Å². The summed E-state index contributed by atoms with van der Waals surface area (Å²) < 4.78 is 11.5. The van der Waals surface area contributed by atoms with Crippen LogP contribution in [0.15, 0.2) is 73.0 Å². The normalized spacial score (nSPS) is 19.5. The zero-order valence-electron chi connectivity index (χ0n) is 22.0. The molecule has 39 heavy (non-hydrogen) atoms. The number of aromatic nitrogens is 3. The smallest absolute Gasteiger partial charge is 0.274 e. The fraction of sp³-hybridized carbons (Fsp3) is 0.333. The van der Waals surface area contributed by atoms with Crippen LogP contribution in [0.4, 0.5) is 17.3 Å². The number of benzene rings is 1. The molecule has 1 N–H and O–H groups in total. The number of allylic oxidation sites excluding steroid dienone is 2. The topological polar surface area (TPSA) is 92.7 Å². The van der Waals surface area contributed by atoms with E-state index < -0.39 is 0 Å². The number of carbonyl (C=O) groups excluding carboxylic acids is 1. The average Bonchev–Trinajstić information content (AvgIpc) is 3.31. The van der Waals surface area contributed by atoms with E-state index in [1.54, 1.807) is 12.3 Å². The van der Waals surface area contributed by atoms with Crippen LogP contribution in [0.3, 0.4) is 0 Å². The van der Waals surface area contributed by atoms with Crippen LogP contribution < -0.4 is 19.9 Å². The van der Waals surface area contributed by atoms with Crippen molar-refractivity contribution in [2.45, 2.75) is 25.3 Å². The van der Waals surface area contributed by atoms with Gasteiger partial charge in [0.15, 0.2) is 0 Å². The fourth-order valence-electron chi connectivity index (χ4n) is 5.38. The molecule has 6 rings (SSSR count). The number of nitrogens with one attached hydrogen (secondary N) is 1. The van der Waals surface area contributed by atoms with Crippen LogP contribution in [0.1, 0.15) is 34.6 Å². The summed E-state index contributed by atoms with van der Waals surface area (Å²) in [5.41, 5.74) is 4.35. The average molecular weight is 525 g/mol. The van der Waals surface area contributed by atoms with E-state index >= 15 is 0 Å². The SMILES string of the molecule is CCN1c2cc(NC(=O)c3cc(OCCc4ccccn4)nc(N4CCOCC4)n3)ccc2C2C=CC=CC21. The summed E-state index contributed by atoms with van der Waals surface area (Å²) in [4.78, 5) is 31.4. The Bertz CT molecular complexity index is 1390. The molecule has 1 aromatic carbocycles. The number of pyridine rings is 1. The standard InChI is InChI=1S/C30H32N6O3/c1-2-36-26-9-4-3-8-23(26)24-11-10-22(19-27(24)36)32-29(37)25-20-28(39-16-12-21-7-5-6-13-31-21)34-30(33-25)35-14-17-38-18-15-35/h3-11,13,19-20,23,26H,2,12,14-18H2,1H3,(H,32,37). The second-order valence-electron chi connectivity index (χ2n) is 9.71. The highest BCUT2D eigenvalue weighted by molar-refractivity contribution is 6.03. The number of nitrogens with zero attached hydrogens (tertiary/aromatic N) is 5. The number of likely N-dealkylation sites (N-methyl/N-ethyl adjacent to an activating group) is 1. The number of carbonyl (C=O) groups is 1. The van der Waals surface area contributed by atoms with Gasteiger partial charge in [-0.05, 0) is 36.8 Å². The first-order valence-electron chi connectivity index (χ1n) is 13.5. The lowest BCUT2D eigenvalue weighted by Crippen LogP contribution is -2.37. The van der Waals surface area contributed by atoms with Crippen LogP contribution in [0.2, 0.25) is 0 Å². The van der Waals surface area contributed by atoms with Crippen LogP contribution >= 0.6 is 0 Å². The van der Waals surface area contributed by atoms with E-state index in [9.17, 15) is 4.79 Å². The van der Waals surface area contributed by atoms with Crippen LogP contribution in [-0.4, -0.2) is 66.4 Å². The van der Waals surface area contributed by atoms with Crippen molar-refractivity contribution in [3.8, 4) is 5.88 Å². The minimum Gasteiger partial charge on any atom is -0.477 e. The summed E-state index contributed by atoms with van der Waals surface area (Å²) in [6.07, 6.45) is 11.1. The lowest BCUT2D eigenvalue weighted by molar-refractivity contribution is 0.102. The molecule has 2 atom stereocenters. The predicted molar refractivity (Wildman–Crippen MR) is 151 cm³/mol. The van der Waals surface area contributed by atoms with Gasteiger partial charge in [-0.15, -0.1) is 0 Å². The van der Waals surface area contributed by atoms with E-state index in [1.165, 1.54) is 5.56 Å².